The van der Waals surface area contributed by atoms with E-state index in [2.05, 4.69) is 29.8 Å². The van der Waals surface area contributed by atoms with Gasteiger partial charge in [0, 0.05) is 11.8 Å². The molecule has 0 radical (unpaired) electrons. The van der Waals surface area contributed by atoms with Crippen molar-refractivity contribution >= 4 is 21.7 Å². The summed E-state index contributed by atoms with van der Waals surface area (Å²) in [4.78, 5) is 12.4. The van der Waals surface area contributed by atoms with Crippen LogP contribution in [0.4, 0.5) is 0 Å². The molecule has 0 amide bonds. The lowest BCUT2D eigenvalue weighted by atomic mass is 9.45. The van der Waals surface area contributed by atoms with Crippen molar-refractivity contribution in [1.29, 1.82) is 0 Å². The highest BCUT2D eigenvalue weighted by molar-refractivity contribution is 9.10. The van der Waals surface area contributed by atoms with Gasteiger partial charge in [0.1, 0.15) is 10.3 Å². The average molecular weight is 369 g/mol. The fourth-order valence-corrected chi connectivity index (χ4v) is 7.56. The number of Topliss-reactive ketones (excluding diaryl/α,β-unsaturated/α-hetero) is 1. The third kappa shape index (κ3) is 2.03. The van der Waals surface area contributed by atoms with Gasteiger partial charge >= 0.3 is 0 Å². The number of carbonyl (C=O) groups excluding carboxylic acids is 1. The number of aliphatic hydroxyl groups is 1. The largest absolute Gasteiger partial charge is 0.379 e. The first-order valence-corrected chi connectivity index (χ1v) is 10.0. The van der Waals surface area contributed by atoms with E-state index < -0.39 is 4.51 Å². The molecular formula is C19H29BrO2. The molecule has 0 aromatic rings. The second-order valence-electron chi connectivity index (χ2n) is 9.20. The number of rotatable bonds is 0. The van der Waals surface area contributed by atoms with Gasteiger partial charge in [0.15, 0.2) is 0 Å². The first-order valence-electron chi connectivity index (χ1n) is 9.21. The number of hydrogen-bond acceptors (Lipinski definition) is 2. The first-order chi connectivity index (χ1) is 10.3. The van der Waals surface area contributed by atoms with Gasteiger partial charge in [-0.05, 0) is 80.5 Å². The summed E-state index contributed by atoms with van der Waals surface area (Å²) in [6.45, 7) is 4.76. The zero-order valence-electron chi connectivity index (χ0n) is 13.9. The van der Waals surface area contributed by atoms with Crippen LogP contribution in [0.25, 0.3) is 0 Å². The average Bonchev–Trinajstić information content (AvgIpc) is 2.76. The number of fused-ring (bicyclic) bond motifs is 5. The van der Waals surface area contributed by atoms with Crippen molar-refractivity contribution in [2.45, 2.75) is 76.1 Å². The van der Waals surface area contributed by atoms with Crippen molar-refractivity contribution in [3.63, 3.8) is 0 Å². The summed E-state index contributed by atoms with van der Waals surface area (Å²) in [5, 5.41) is 10.4. The Morgan fingerprint density at radius 3 is 2.59 bits per heavy atom. The molecule has 124 valence electrons. The number of ketones is 1. The lowest BCUT2D eigenvalue weighted by Crippen LogP contribution is -2.55. The van der Waals surface area contributed by atoms with Crippen LogP contribution in [0.3, 0.4) is 0 Å². The van der Waals surface area contributed by atoms with Crippen molar-refractivity contribution in [1.82, 2.24) is 0 Å². The molecule has 22 heavy (non-hydrogen) atoms. The molecule has 4 aliphatic carbocycles. The van der Waals surface area contributed by atoms with Gasteiger partial charge in [0.25, 0.3) is 0 Å². The Hall–Kier alpha value is 0.110. The molecule has 1 unspecified atom stereocenters. The Bertz CT molecular complexity index is 502. The predicted molar refractivity (Wildman–Crippen MR) is 90.6 cm³/mol. The van der Waals surface area contributed by atoms with Crippen LogP contribution in [-0.2, 0) is 4.79 Å². The molecule has 2 nitrogen and oxygen atoms in total. The van der Waals surface area contributed by atoms with Gasteiger partial charge in [-0.25, -0.2) is 0 Å². The fraction of sp³-hybridized carbons (Fsp3) is 0.947. The van der Waals surface area contributed by atoms with Gasteiger partial charge in [-0.1, -0.05) is 29.8 Å². The molecule has 4 saturated carbocycles. The third-order valence-electron chi connectivity index (χ3n) is 8.38. The highest BCUT2D eigenvalue weighted by Crippen LogP contribution is 2.66. The molecule has 1 N–H and O–H groups in total. The van der Waals surface area contributed by atoms with Crippen molar-refractivity contribution in [3.8, 4) is 0 Å². The van der Waals surface area contributed by atoms with E-state index in [0.29, 0.717) is 23.0 Å². The van der Waals surface area contributed by atoms with Gasteiger partial charge < -0.3 is 5.11 Å². The van der Waals surface area contributed by atoms with Crippen LogP contribution < -0.4 is 0 Å². The minimum absolute atomic E-state index is 0.00477. The highest BCUT2D eigenvalue weighted by Gasteiger charge is 2.61. The van der Waals surface area contributed by atoms with Crippen molar-refractivity contribution in [3.05, 3.63) is 0 Å². The normalized spacial score (nSPS) is 57.9. The molecule has 4 rings (SSSR count). The minimum Gasteiger partial charge on any atom is -0.379 e. The fourth-order valence-electron chi connectivity index (χ4n) is 6.97. The Balaban J connectivity index is 1.63. The third-order valence-corrected chi connectivity index (χ3v) is 9.10. The monoisotopic (exact) mass is 368 g/mol. The molecule has 0 bridgehead atoms. The summed E-state index contributed by atoms with van der Waals surface area (Å²) in [6.07, 6.45) is 9.75. The Kier molecular flexibility index (Phi) is 3.42. The van der Waals surface area contributed by atoms with E-state index in [0.717, 1.165) is 50.4 Å². The number of halogens is 1. The Labute approximate surface area is 142 Å². The van der Waals surface area contributed by atoms with Crippen molar-refractivity contribution in [2.75, 3.05) is 0 Å². The van der Waals surface area contributed by atoms with Crippen LogP contribution in [0.2, 0.25) is 0 Å². The zero-order valence-corrected chi connectivity index (χ0v) is 15.5. The topological polar surface area (TPSA) is 37.3 Å². The van der Waals surface area contributed by atoms with Gasteiger partial charge in [-0.3, -0.25) is 4.79 Å². The Morgan fingerprint density at radius 2 is 1.82 bits per heavy atom. The maximum Gasteiger partial charge on any atom is 0.139 e. The molecule has 0 spiro atoms. The SMILES string of the molecule is C[C@]12CC[C@@](O)(Br)CC1CC[C@@H]1[C@@H]2CC[C@]2(C)C(=O)CC[C@@H]12. The van der Waals surface area contributed by atoms with Gasteiger partial charge in [-0.15, -0.1) is 0 Å². The molecule has 0 saturated heterocycles. The number of hydrogen-bond donors (Lipinski definition) is 1. The van der Waals surface area contributed by atoms with Gasteiger partial charge in [0.05, 0.1) is 0 Å². The molecule has 0 aliphatic heterocycles. The van der Waals surface area contributed by atoms with Gasteiger partial charge in [0.2, 0.25) is 0 Å². The summed E-state index contributed by atoms with van der Waals surface area (Å²) in [5.74, 6) is 3.36. The molecule has 0 aromatic heterocycles. The van der Waals surface area contributed by atoms with E-state index in [4.69, 9.17) is 0 Å². The number of carbonyl (C=O) groups is 1. The summed E-state index contributed by atoms with van der Waals surface area (Å²) in [6, 6.07) is 0. The van der Waals surface area contributed by atoms with Crippen LogP contribution in [0.15, 0.2) is 0 Å². The maximum absolute atomic E-state index is 12.4. The molecule has 7 atom stereocenters. The Morgan fingerprint density at radius 1 is 1.05 bits per heavy atom. The summed E-state index contributed by atoms with van der Waals surface area (Å²) < 4.78 is -0.628. The van der Waals surface area contributed by atoms with Gasteiger partial charge in [-0.2, -0.15) is 0 Å². The second kappa shape index (κ2) is 4.81. The zero-order chi connectivity index (χ0) is 15.8. The molecule has 3 heteroatoms. The minimum atomic E-state index is -0.628. The van der Waals surface area contributed by atoms with Crippen LogP contribution in [0.1, 0.15) is 71.6 Å². The number of alkyl halides is 1. The lowest BCUT2D eigenvalue weighted by molar-refractivity contribution is -0.143. The molecule has 0 aromatic carbocycles. The molecular weight excluding hydrogens is 340 g/mol. The predicted octanol–water partition coefficient (Wildman–Crippen LogP) is 4.68. The second-order valence-corrected chi connectivity index (χ2v) is 10.7. The summed E-state index contributed by atoms with van der Waals surface area (Å²) in [5.41, 5.74) is 0.380. The van der Waals surface area contributed by atoms with E-state index in [1.54, 1.807) is 0 Å². The highest BCUT2D eigenvalue weighted by atomic mass is 79.9. The van der Waals surface area contributed by atoms with E-state index in [9.17, 15) is 9.90 Å². The van der Waals surface area contributed by atoms with Crippen LogP contribution in [0.5, 0.6) is 0 Å². The van der Waals surface area contributed by atoms with E-state index in [1.807, 2.05) is 0 Å². The van der Waals surface area contributed by atoms with Crippen LogP contribution >= 0.6 is 15.9 Å². The van der Waals surface area contributed by atoms with Crippen molar-refractivity contribution < 1.29 is 9.90 Å². The molecule has 4 aliphatic rings. The van der Waals surface area contributed by atoms with Crippen LogP contribution in [0, 0.1) is 34.5 Å². The summed E-state index contributed by atoms with van der Waals surface area (Å²) in [7, 11) is 0. The lowest BCUT2D eigenvalue weighted by Gasteiger charge is -2.60. The van der Waals surface area contributed by atoms with Crippen LogP contribution in [-0.4, -0.2) is 15.4 Å². The van der Waals surface area contributed by atoms with Crippen molar-refractivity contribution in [2.24, 2.45) is 34.5 Å². The summed E-state index contributed by atoms with van der Waals surface area (Å²) >= 11 is 3.54. The van der Waals surface area contributed by atoms with E-state index in [-0.39, 0.29) is 5.41 Å². The maximum atomic E-state index is 12.4. The quantitative estimate of drug-likeness (QED) is 0.630. The molecule has 4 fully saturated rings. The first kappa shape index (κ1) is 15.6. The van der Waals surface area contributed by atoms with E-state index >= 15 is 0 Å². The van der Waals surface area contributed by atoms with E-state index in [1.165, 1.54) is 19.3 Å². The smallest absolute Gasteiger partial charge is 0.139 e. The molecule has 0 heterocycles. The standard InChI is InChI=1S/C19H29BrO2/c1-17-9-10-19(20,22)11-12(17)3-4-13-14-5-6-16(21)18(14,2)8-7-15(13)17/h12-15,22H,3-11H2,1-2H3/t12?,13-,14-,15-,17-,18-,19-/m0/s1.